The third-order valence-electron chi connectivity index (χ3n) is 4.97. The minimum Gasteiger partial charge on any atom is -0.387 e. The van der Waals surface area contributed by atoms with E-state index >= 15 is 0 Å². The van der Waals surface area contributed by atoms with Crippen molar-refractivity contribution in [3.63, 3.8) is 0 Å². The summed E-state index contributed by atoms with van der Waals surface area (Å²) in [5.41, 5.74) is 1.32. The van der Waals surface area contributed by atoms with E-state index in [1.165, 1.54) is 30.3 Å². The Labute approximate surface area is 176 Å². The number of rotatable bonds is 6. The summed E-state index contributed by atoms with van der Waals surface area (Å²) in [6, 6.07) is 10.4. The Balaban J connectivity index is 1.69. The van der Waals surface area contributed by atoms with Gasteiger partial charge in [0, 0.05) is 17.8 Å². The molecule has 2 N–H and O–H groups in total. The number of nitrogens with one attached hydrogen (secondary N) is 1. The third kappa shape index (κ3) is 5.11. The molecule has 2 aromatic carbocycles. The van der Waals surface area contributed by atoms with Crippen LogP contribution in [-0.2, 0) is 17.4 Å². The molecule has 5 nitrogen and oxygen atoms in total. The van der Waals surface area contributed by atoms with Crippen LogP contribution < -0.4 is 5.32 Å². The van der Waals surface area contributed by atoms with Crippen molar-refractivity contribution in [2.75, 3.05) is 6.54 Å². The predicted octanol–water partition coefficient (Wildman–Crippen LogP) is 4.04. The first-order chi connectivity index (χ1) is 14.6. The number of aliphatic hydroxyl groups is 1. The van der Waals surface area contributed by atoms with Crippen LogP contribution in [0.5, 0.6) is 0 Å². The Bertz CT molecular complexity index is 1080. The van der Waals surface area contributed by atoms with Gasteiger partial charge in [-0.05, 0) is 49.7 Å². The number of nitrogens with zero attached hydrogens (tertiary/aromatic N) is 2. The van der Waals surface area contributed by atoms with E-state index in [4.69, 9.17) is 0 Å². The van der Waals surface area contributed by atoms with E-state index in [2.05, 4.69) is 10.4 Å². The third-order valence-corrected chi connectivity index (χ3v) is 4.97. The van der Waals surface area contributed by atoms with E-state index in [0.717, 1.165) is 6.07 Å². The molecular weight excluding hydrogens is 414 g/mol. The summed E-state index contributed by atoms with van der Waals surface area (Å²) < 4.78 is 54.1. The quantitative estimate of drug-likeness (QED) is 0.575. The van der Waals surface area contributed by atoms with E-state index in [1.54, 1.807) is 30.7 Å². The van der Waals surface area contributed by atoms with Crippen LogP contribution in [-0.4, -0.2) is 27.3 Å². The van der Waals surface area contributed by atoms with E-state index in [9.17, 15) is 27.5 Å². The first kappa shape index (κ1) is 22.5. The lowest BCUT2D eigenvalue weighted by atomic mass is 10.0. The van der Waals surface area contributed by atoms with Gasteiger partial charge in [0.15, 0.2) is 0 Å². The van der Waals surface area contributed by atoms with Crippen molar-refractivity contribution in [1.29, 1.82) is 0 Å². The zero-order valence-electron chi connectivity index (χ0n) is 16.9. The molecule has 31 heavy (non-hydrogen) atoms. The summed E-state index contributed by atoms with van der Waals surface area (Å²) in [5.74, 6) is -0.844. The average Bonchev–Trinajstić information content (AvgIpc) is 3.00. The van der Waals surface area contributed by atoms with Gasteiger partial charge in [-0.15, -0.1) is 0 Å². The van der Waals surface area contributed by atoms with Crippen molar-refractivity contribution >= 4 is 5.91 Å². The molecule has 0 fully saturated rings. The van der Waals surface area contributed by atoms with Gasteiger partial charge in [-0.2, -0.15) is 18.3 Å². The lowest BCUT2D eigenvalue weighted by Crippen LogP contribution is -2.30. The monoisotopic (exact) mass is 435 g/mol. The number of carbonyl (C=O) groups is 1. The molecule has 1 atom stereocenters. The fourth-order valence-electron chi connectivity index (χ4n) is 3.35. The Kier molecular flexibility index (Phi) is 6.45. The van der Waals surface area contributed by atoms with Crippen LogP contribution in [0, 0.1) is 19.7 Å². The molecule has 9 heteroatoms. The number of aryl methyl sites for hydroxylation is 1. The normalized spacial score (nSPS) is 12.6. The summed E-state index contributed by atoms with van der Waals surface area (Å²) >= 11 is 0. The molecule has 0 aliphatic rings. The van der Waals surface area contributed by atoms with Crippen LogP contribution in [0.15, 0.2) is 48.5 Å². The second kappa shape index (κ2) is 8.89. The molecule has 1 heterocycles. The van der Waals surface area contributed by atoms with E-state index < -0.39 is 23.8 Å². The maximum Gasteiger partial charge on any atom is 0.416 e. The van der Waals surface area contributed by atoms with Crippen LogP contribution in [0.25, 0.3) is 5.69 Å². The van der Waals surface area contributed by atoms with Crippen molar-refractivity contribution in [2.24, 2.45) is 0 Å². The number of hydrogen-bond acceptors (Lipinski definition) is 3. The van der Waals surface area contributed by atoms with Crippen LogP contribution in [0.4, 0.5) is 17.6 Å². The Morgan fingerprint density at radius 1 is 1.13 bits per heavy atom. The van der Waals surface area contributed by atoms with Gasteiger partial charge in [-0.25, -0.2) is 9.07 Å². The Morgan fingerprint density at radius 3 is 2.42 bits per heavy atom. The Morgan fingerprint density at radius 2 is 1.77 bits per heavy atom. The standard InChI is InChI=1S/C22H21F4N3O2/c1-13-18(14(2)29(28-13)16-9-7-15(23)8-10-16)11-21(31)27-12-20(30)17-5-3-4-6-19(17)22(24,25)26/h3-10,20,30H,11-12H2,1-2H3,(H,27,31). The van der Waals surface area contributed by atoms with Crippen molar-refractivity contribution < 1.29 is 27.5 Å². The molecule has 1 aromatic heterocycles. The van der Waals surface area contributed by atoms with E-state index in [1.807, 2.05) is 0 Å². The highest BCUT2D eigenvalue weighted by molar-refractivity contribution is 5.79. The summed E-state index contributed by atoms with van der Waals surface area (Å²) in [5, 5.41) is 17.1. The largest absolute Gasteiger partial charge is 0.416 e. The van der Waals surface area contributed by atoms with E-state index in [0.29, 0.717) is 22.6 Å². The van der Waals surface area contributed by atoms with Crippen molar-refractivity contribution in [2.45, 2.75) is 32.5 Å². The lowest BCUT2D eigenvalue weighted by molar-refractivity contribution is -0.139. The highest BCUT2D eigenvalue weighted by Gasteiger charge is 2.34. The fourth-order valence-corrected chi connectivity index (χ4v) is 3.35. The summed E-state index contributed by atoms with van der Waals surface area (Å²) in [4.78, 5) is 12.4. The number of aliphatic hydroxyl groups excluding tert-OH is 1. The summed E-state index contributed by atoms with van der Waals surface area (Å²) in [7, 11) is 0. The minimum absolute atomic E-state index is 0.0630. The number of carbonyl (C=O) groups excluding carboxylic acids is 1. The first-order valence-corrected chi connectivity index (χ1v) is 9.50. The molecule has 1 unspecified atom stereocenters. The molecule has 164 valence electrons. The van der Waals surface area contributed by atoms with Gasteiger partial charge in [0.05, 0.1) is 29.5 Å². The molecule has 3 aromatic rings. The molecule has 0 bridgehead atoms. The molecule has 0 spiro atoms. The van der Waals surface area contributed by atoms with Gasteiger partial charge >= 0.3 is 6.18 Å². The highest BCUT2D eigenvalue weighted by atomic mass is 19.4. The number of hydrogen-bond donors (Lipinski definition) is 2. The number of halogens is 4. The average molecular weight is 435 g/mol. The smallest absolute Gasteiger partial charge is 0.387 e. The van der Waals surface area contributed by atoms with Gasteiger partial charge in [-0.1, -0.05) is 18.2 Å². The van der Waals surface area contributed by atoms with Crippen LogP contribution >= 0.6 is 0 Å². The second-order valence-corrected chi connectivity index (χ2v) is 7.12. The van der Waals surface area contributed by atoms with Gasteiger partial charge in [0.1, 0.15) is 5.82 Å². The first-order valence-electron chi connectivity index (χ1n) is 9.50. The van der Waals surface area contributed by atoms with Crippen molar-refractivity contribution in [3.8, 4) is 5.69 Å². The maximum absolute atomic E-state index is 13.2. The second-order valence-electron chi connectivity index (χ2n) is 7.12. The Hall–Kier alpha value is -3.20. The number of amides is 1. The maximum atomic E-state index is 13.2. The molecule has 3 rings (SSSR count). The topological polar surface area (TPSA) is 67.2 Å². The zero-order chi connectivity index (χ0) is 22.8. The fraction of sp³-hybridized carbons (Fsp3) is 0.273. The van der Waals surface area contributed by atoms with Crippen LogP contribution in [0.3, 0.4) is 0 Å². The van der Waals surface area contributed by atoms with Crippen LogP contribution in [0.1, 0.15) is 34.2 Å². The van der Waals surface area contributed by atoms with Crippen molar-refractivity contribution in [3.05, 3.63) is 82.4 Å². The number of aromatic nitrogens is 2. The molecule has 0 aliphatic carbocycles. The van der Waals surface area contributed by atoms with Gasteiger partial charge < -0.3 is 10.4 Å². The van der Waals surface area contributed by atoms with Gasteiger partial charge in [0.25, 0.3) is 0 Å². The van der Waals surface area contributed by atoms with Gasteiger partial charge in [0.2, 0.25) is 5.91 Å². The van der Waals surface area contributed by atoms with Crippen molar-refractivity contribution in [1.82, 2.24) is 15.1 Å². The van der Waals surface area contributed by atoms with Crippen LogP contribution in [0.2, 0.25) is 0 Å². The molecule has 1 amide bonds. The molecule has 0 aliphatic heterocycles. The highest BCUT2D eigenvalue weighted by Crippen LogP contribution is 2.34. The van der Waals surface area contributed by atoms with E-state index in [-0.39, 0.29) is 24.3 Å². The molecule has 0 saturated carbocycles. The number of alkyl halides is 3. The number of benzene rings is 2. The molecule has 0 saturated heterocycles. The lowest BCUT2D eigenvalue weighted by Gasteiger charge is -2.18. The SMILES string of the molecule is Cc1nn(-c2ccc(F)cc2)c(C)c1CC(=O)NCC(O)c1ccccc1C(F)(F)F. The van der Waals surface area contributed by atoms with Gasteiger partial charge in [-0.3, -0.25) is 4.79 Å². The minimum atomic E-state index is -4.61. The predicted molar refractivity (Wildman–Crippen MR) is 106 cm³/mol. The molecule has 0 radical (unpaired) electrons. The summed E-state index contributed by atoms with van der Waals surface area (Å²) in [6.07, 6.45) is -6.18. The zero-order valence-corrected chi connectivity index (χ0v) is 16.9. The molecular formula is C22H21F4N3O2. The summed E-state index contributed by atoms with van der Waals surface area (Å²) in [6.45, 7) is 3.13.